The number of hydrogen-bond acceptors (Lipinski definition) is 7. The Morgan fingerprint density at radius 2 is 2.09 bits per heavy atom. The first kappa shape index (κ1) is 22.6. The fraction of sp³-hybridized carbons (Fsp3) is 0.300. The molecule has 1 unspecified atom stereocenters. The van der Waals surface area contributed by atoms with Crippen LogP contribution >= 0.6 is 11.6 Å². The van der Waals surface area contributed by atoms with Crippen molar-refractivity contribution in [2.75, 3.05) is 10.7 Å². The number of alkyl halides is 3. The monoisotopic (exact) mass is 478 g/mol. The van der Waals surface area contributed by atoms with Crippen LogP contribution in [-0.4, -0.2) is 37.9 Å². The van der Waals surface area contributed by atoms with Crippen molar-refractivity contribution in [1.29, 1.82) is 5.41 Å². The quantitative estimate of drug-likeness (QED) is 0.374. The van der Waals surface area contributed by atoms with Gasteiger partial charge >= 0.3 is 6.18 Å². The number of amides is 1. The molecule has 3 N–H and O–H groups in total. The number of pyridine rings is 1. The molecule has 0 aliphatic heterocycles. The second kappa shape index (κ2) is 8.10. The van der Waals surface area contributed by atoms with Gasteiger partial charge < -0.3 is 10.7 Å². The Hall–Kier alpha value is -3.54. The van der Waals surface area contributed by atoms with E-state index in [1.54, 1.807) is 16.8 Å². The van der Waals surface area contributed by atoms with Gasteiger partial charge in [-0.1, -0.05) is 25.4 Å². The molecule has 1 aliphatic rings. The average molecular weight is 479 g/mol. The molecule has 1 amide bonds. The summed E-state index contributed by atoms with van der Waals surface area (Å²) in [6, 6.07) is 2.39. The van der Waals surface area contributed by atoms with E-state index < -0.39 is 34.8 Å². The molecule has 0 bridgehead atoms. The van der Waals surface area contributed by atoms with Gasteiger partial charge in [0, 0.05) is 29.5 Å². The zero-order chi connectivity index (χ0) is 24.0. The first-order valence-electron chi connectivity index (χ1n) is 9.72. The summed E-state index contributed by atoms with van der Waals surface area (Å²) in [7, 11) is 0. The molecule has 33 heavy (non-hydrogen) atoms. The lowest BCUT2D eigenvalue weighted by molar-refractivity contribution is -0.137. The van der Waals surface area contributed by atoms with Crippen LogP contribution in [-0.2, 0) is 16.4 Å². The third kappa shape index (κ3) is 4.25. The standard InChI is InChI=1S/C20H18ClF3N8O/c1-19(2)7-11(12-9-26-15-6-14(21)31-32(15)16(12)19)18(33)29-10-5-13(20(22,23)24)17(27-8-10)30-28-4-3-25/h3-6,8-9,11,25H,7H2,1-2H3,(H,27,30)(H,29,33)/b25-3?,28-4-. The highest BCUT2D eigenvalue weighted by atomic mass is 35.5. The minimum Gasteiger partial charge on any atom is -0.324 e. The molecule has 3 heterocycles. The first-order valence-corrected chi connectivity index (χ1v) is 10.1. The van der Waals surface area contributed by atoms with Crippen LogP contribution in [0.25, 0.3) is 5.65 Å². The molecular weight excluding hydrogens is 461 g/mol. The van der Waals surface area contributed by atoms with Crippen molar-refractivity contribution in [1.82, 2.24) is 19.6 Å². The van der Waals surface area contributed by atoms with E-state index >= 15 is 0 Å². The van der Waals surface area contributed by atoms with Crippen LogP contribution in [0, 0.1) is 5.41 Å². The van der Waals surface area contributed by atoms with Gasteiger partial charge in [-0.2, -0.15) is 23.4 Å². The molecule has 0 radical (unpaired) electrons. The molecule has 172 valence electrons. The summed E-state index contributed by atoms with van der Waals surface area (Å²) < 4.78 is 42.1. The van der Waals surface area contributed by atoms with Crippen LogP contribution in [0.1, 0.15) is 43.0 Å². The van der Waals surface area contributed by atoms with E-state index in [1.165, 1.54) is 0 Å². The number of halogens is 4. The lowest BCUT2D eigenvalue weighted by Gasteiger charge is -2.19. The van der Waals surface area contributed by atoms with Gasteiger partial charge in [0.15, 0.2) is 16.6 Å². The maximum absolute atomic E-state index is 13.5. The Morgan fingerprint density at radius 3 is 2.79 bits per heavy atom. The SMILES string of the molecule is CC1(C)CC(C(=O)Nc2cnc(N/N=C\C=N)c(C(F)(F)F)c2)c2cnc3cc(Cl)nn3c21. The van der Waals surface area contributed by atoms with Crippen LogP contribution in [0.5, 0.6) is 0 Å². The number of fused-ring (bicyclic) bond motifs is 3. The minimum absolute atomic E-state index is 0.115. The third-order valence-corrected chi connectivity index (χ3v) is 5.49. The van der Waals surface area contributed by atoms with Crippen LogP contribution < -0.4 is 10.7 Å². The topological polar surface area (TPSA) is 120 Å². The number of carbonyl (C=O) groups is 1. The van der Waals surface area contributed by atoms with E-state index in [2.05, 4.69) is 30.9 Å². The number of hydrazone groups is 1. The Labute approximate surface area is 190 Å². The molecular formula is C20H18ClF3N8O. The molecule has 0 aromatic carbocycles. The molecule has 1 atom stereocenters. The second-order valence-corrected chi connectivity index (χ2v) is 8.49. The van der Waals surface area contributed by atoms with Gasteiger partial charge in [-0.3, -0.25) is 10.2 Å². The van der Waals surface area contributed by atoms with E-state index in [-0.39, 0.29) is 10.8 Å². The molecule has 0 spiro atoms. The van der Waals surface area contributed by atoms with E-state index in [1.807, 2.05) is 13.8 Å². The van der Waals surface area contributed by atoms with Crippen LogP contribution in [0.15, 0.2) is 29.6 Å². The summed E-state index contributed by atoms with van der Waals surface area (Å²) in [6.07, 6.45) is 0.113. The average Bonchev–Trinajstić information content (AvgIpc) is 3.24. The number of nitrogens with one attached hydrogen (secondary N) is 3. The molecule has 3 aromatic rings. The molecule has 9 nitrogen and oxygen atoms in total. The second-order valence-electron chi connectivity index (χ2n) is 8.10. The largest absolute Gasteiger partial charge is 0.420 e. The zero-order valence-electron chi connectivity index (χ0n) is 17.4. The number of carbonyl (C=O) groups excluding carboxylic acids is 1. The van der Waals surface area contributed by atoms with E-state index in [0.29, 0.717) is 17.6 Å². The minimum atomic E-state index is -4.74. The summed E-state index contributed by atoms with van der Waals surface area (Å²) >= 11 is 6.01. The molecule has 0 saturated carbocycles. The summed E-state index contributed by atoms with van der Waals surface area (Å²) in [4.78, 5) is 21.1. The summed E-state index contributed by atoms with van der Waals surface area (Å²) in [6.45, 7) is 3.90. The van der Waals surface area contributed by atoms with Crippen LogP contribution in [0.2, 0.25) is 5.15 Å². The highest BCUT2D eigenvalue weighted by Crippen LogP contribution is 2.46. The maximum Gasteiger partial charge on any atom is 0.420 e. The number of nitrogens with zero attached hydrogens (tertiary/aromatic N) is 5. The Morgan fingerprint density at radius 1 is 1.33 bits per heavy atom. The van der Waals surface area contributed by atoms with Crippen molar-refractivity contribution in [3.05, 3.63) is 46.5 Å². The molecule has 1 aliphatic carbocycles. The van der Waals surface area contributed by atoms with Crippen molar-refractivity contribution in [3.8, 4) is 0 Å². The van der Waals surface area contributed by atoms with E-state index in [0.717, 1.165) is 30.4 Å². The van der Waals surface area contributed by atoms with Gasteiger partial charge in [-0.05, 0) is 12.5 Å². The van der Waals surface area contributed by atoms with Gasteiger partial charge in [0.25, 0.3) is 0 Å². The number of hydrogen-bond donors (Lipinski definition) is 3. The van der Waals surface area contributed by atoms with Gasteiger partial charge in [-0.25, -0.2) is 14.5 Å². The van der Waals surface area contributed by atoms with E-state index in [4.69, 9.17) is 17.0 Å². The number of aromatic nitrogens is 4. The smallest absolute Gasteiger partial charge is 0.324 e. The molecule has 13 heteroatoms. The predicted octanol–water partition coefficient (Wildman–Crippen LogP) is 4.25. The number of rotatable bonds is 5. The summed E-state index contributed by atoms with van der Waals surface area (Å²) in [5.41, 5.74) is 2.42. The van der Waals surface area contributed by atoms with Crippen molar-refractivity contribution in [3.63, 3.8) is 0 Å². The molecule has 0 fully saturated rings. The Kier molecular flexibility index (Phi) is 5.56. The highest BCUT2D eigenvalue weighted by Gasteiger charge is 2.43. The normalized spacial score (nSPS) is 17.3. The Balaban J connectivity index is 1.65. The Bertz CT molecular complexity index is 1280. The van der Waals surface area contributed by atoms with Crippen molar-refractivity contribution in [2.45, 2.75) is 37.8 Å². The fourth-order valence-corrected chi connectivity index (χ4v) is 4.18. The zero-order valence-corrected chi connectivity index (χ0v) is 18.2. The number of anilines is 2. The third-order valence-electron chi connectivity index (χ3n) is 5.31. The van der Waals surface area contributed by atoms with Crippen LogP contribution in [0.3, 0.4) is 0 Å². The van der Waals surface area contributed by atoms with Crippen molar-refractivity contribution in [2.24, 2.45) is 5.10 Å². The lowest BCUT2D eigenvalue weighted by Crippen LogP contribution is -2.22. The molecule has 4 rings (SSSR count). The van der Waals surface area contributed by atoms with Crippen LogP contribution in [0.4, 0.5) is 24.7 Å². The molecule has 0 saturated heterocycles. The summed E-state index contributed by atoms with van der Waals surface area (Å²) in [5, 5.41) is 17.4. The summed E-state index contributed by atoms with van der Waals surface area (Å²) in [5.74, 6) is -1.69. The van der Waals surface area contributed by atoms with Crippen molar-refractivity contribution >= 4 is 47.1 Å². The maximum atomic E-state index is 13.5. The first-order chi connectivity index (χ1) is 15.5. The van der Waals surface area contributed by atoms with Gasteiger partial charge in [-0.15, -0.1) is 0 Å². The van der Waals surface area contributed by atoms with Gasteiger partial charge in [0.2, 0.25) is 5.91 Å². The predicted molar refractivity (Wildman–Crippen MR) is 117 cm³/mol. The fourth-order valence-electron chi connectivity index (χ4n) is 4.01. The van der Waals surface area contributed by atoms with E-state index in [9.17, 15) is 18.0 Å². The van der Waals surface area contributed by atoms with Gasteiger partial charge in [0.1, 0.15) is 5.56 Å². The lowest BCUT2D eigenvalue weighted by atomic mass is 9.88. The molecule has 3 aromatic heterocycles. The van der Waals surface area contributed by atoms with Crippen molar-refractivity contribution < 1.29 is 18.0 Å². The van der Waals surface area contributed by atoms with Gasteiger partial charge in [0.05, 0.1) is 29.7 Å². The highest BCUT2D eigenvalue weighted by molar-refractivity contribution is 6.29.